The molecule has 1 fully saturated rings. The van der Waals surface area contributed by atoms with E-state index in [9.17, 15) is 9.59 Å². The molecule has 1 aromatic rings. The summed E-state index contributed by atoms with van der Waals surface area (Å²) in [5.74, 6) is -0.764. The van der Waals surface area contributed by atoms with E-state index in [1.165, 1.54) is 0 Å². The van der Waals surface area contributed by atoms with Crippen LogP contribution in [0.5, 0.6) is 0 Å². The number of rotatable bonds is 2. The largest absolute Gasteiger partial charge is 0.362 e. The van der Waals surface area contributed by atoms with Crippen LogP contribution < -0.4 is 0 Å². The van der Waals surface area contributed by atoms with E-state index in [0.29, 0.717) is 5.56 Å². The van der Waals surface area contributed by atoms with Gasteiger partial charge < -0.3 is 4.74 Å². The molecule has 1 aliphatic heterocycles. The minimum Gasteiger partial charge on any atom is -0.362 e. The molecule has 0 N–H and O–H groups in total. The van der Waals surface area contributed by atoms with Crippen LogP contribution in [0.25, 0.3) is 0 Å². The normalized spacial score (nSPS) is 16.5. The highest BCUT2D eigenvalue weighted by atomic mass is 35.5. The number of nitrogens with zero attached hydrogens (tertiary/aromatic N) is 2. The zero-order valence-electron chi connectivity index (χ0n) is 8.65. The molecular weight excluding hydrogens is 267 g/mol. The number of halogens is 2. The van der Waals surface area contributed by atoms with Crippen molar-refractivity contribution in [3.63, 3.8) is 0 Å². The maximum absolute atomic E-state index is 11.5. The molecule has 0 radical (unpaired) electrons. The van der Waals surface area contributed by atoms with Crippen molar-refractivity contribution in [1.82, 2.24) is 9.88 Å². The van der Waals surface area contributed by atoms with Crippen molar-refractivity contribution in [2.24, 2.45) is 0 Å². The van der Waals surface area contributed by atoms with Gasteiger partial charge in [0, 0.05) is 5.56 Å². The number of aromatic nitrogens is 1. The summed E-state index contributed by atoms with van der Waals surface area (Å²) in [5, 5.41) is 0.447. The molecule has 0 saturated carbocycles. The minimum atomic E-state index is -0.382. The van der Waals surface area contributed by atoms with E-state index < -0.39 is 0 Å². The summed E-state index contributed by atoms with van der Waals surface area (Å²) in [5.41, 5.74) is 0.569. The number of pyridine rings is 1. The molecule has 0 unspecified atom stereocenters. The van der Waals surface area contributed by atoms with Crippen LogP contribution in [0, 0.1) is 0 Å². The van der Waals surface area contributed by atoms with Gasteiger partial charge in [-0.2, -0.15) is 0 Å². The molecule has 17 heavy (non-hydrogen) atoms. The molecule has 0 atom stereocenters. The molecule has 2 amide bonds. The molecule has 2 rings (SSSR count). The molecule has 1 aliphatic rings. The summed E-state index contributed by atoms with van der Waals surface area (Å²) < 4.78 is 4.80. The van der Waals surface area contributed by atoms with Crippen LogP contribution >= 0.6 is 23.2 Å². The first kappa shape index (κ1) is 12.3. The first-order valence-electron chi connectivity index (χ1n) is 4.80. The average Bonchev–Trinajstić information content (AvgIpc) is 2.26. The molecule has 0 aromatic carbocycles. The summed E-state index contributed by atoms with van der Waals surface area (Å²) in [4.78, 5) is 27.9. The number of amides is 2. The first-order chi connectivity index (χ1) is 8.08. The van der Waals surface area contributed by atoms with Crippen molar-refractivity contribution < 1.29 is 14.3 Å². The standard InChI is InChI=1S/C10H8Cl2N2O3/c11-7-2-1-6(10(12)13-7)3-14-8(15)4-17-5-9(14)16/h1-2H,3-5H2. The molecule has 0 bridgehead atoms. The number of carbonyl (C=O) groups excluding carboxylic acids is 2. The van der Waals surface area contributed by atoms with Gasteiger partial charge in [0.25, 0.3) is 11.8 Å². The van der Waals surface area contributed by atoms with Crippen LogP contribution in [-0.4, -0.2) is 34.9 Å². The predicted octanol–water partition coefficient (Wildman–Crippen LogP) is 1.27. The van der Waals surface area contributed by atoms with Gasteiger partial charge in [-0.3, -0.25) is 14.5 Å². The second-order valence-electron chi connectivity index (χ2n) is 3.45. The van der Waals surface area contributed by atoms with Crippen LogP contribution in [0.2, 0.25) is 10.3 Å². The third kappa shape index (κ3) is 2.74. The van der Waals surface area contributed by atoms with Gasteiger partial charge in [0.05, 0.1) is 6.54 Å². The maximum atomic E-state index is 11.5. The molecule has 5 nitrogen and oxygen atoms in total. The Kier molecular flexibility index (Phi) is 3.61. The van der Waals surface area contributed by atoms with E-state index in [1.807, 2.05) is 0 Å². The minimum absolute atomic E-state index is 0.0873. The second-order valence-corrected chi connectivity index (χ2v) is 4.20. The van der Waals surface area contributed by atoms with Crippen molar-refractivity contribution in [2.45, 2.75) is 6.54 Å². The zero-order chi connectivity index (χ0) is 12.4. The fourth-order valence-corrected chi connectivity index (χ4v) is 1.83. The average molecular weight is 275 g/mol. The van der Waals surface area contributed by atoms with Gasteiger partial charge in [0.15, 0.2) is 0 Å². The number of imide groups is 1. The lowest BCUT2D eigenvalue weighted by Gasteiger charge is -2.25. The maximum Gasteiger partial charge on any atom is 0.255 e. The summed E-state index contributed by atoms with van der Waals surface area (Å²) in [6.45, 7) is -0.0984. The summed E-state index contributed by atoms with van der Waals surface area (Å²) >= 11 is 11.5. The SMILES string of the molecule is O=C1COCC(=O)N1Cc1ccc(Cl)nc1Cl. The first-order valence-corrected chi connectivity index (χ1v) is 5.55. The highest BCUT2D eigenvalue weighted by Gasteiger charge is 2.27. The topological polar surface area (TPSA) is 59.5 Å². The molecule has 7 heteroatoms. The van der Waals surface area contributed by atoms with Crippen molar-refractivity contribution in [2.75, 3.05) is 13.2 Å². The van der Waals surface area contributed by atoms with Crippen LogP contribution in [0.4, 0.5) is 0 Å². The lowest BCUT2D eigenvalue weighted by Crippen LogP contribution is -2.45. The van der Waals surface area contributed by atoms with E-state index in [0.717, 1.165) is 4.90 Å². The van der Waals surface area contributed by atoms with Crippen LogP contribution in [0.1, 0.15) is 5.56 Å². The molecular formula is C10H8Cl2N2O3. The Morgan fingerprint density at radius 3 is 2.47 bits per heavy atom. The van der Waals surface area contributed by atoms with E-state index in [4.69, 9.17) is 27.9 Å². The number of carbonyl (C=O) groups is 2. The molecule has 1 saturated heterocycles. The smallest absolute Gasteiger partial charge is 0.255 e. The fraction of sp³-hybridized carbons (Fsp3) is 0.300. The predicted molar refractivity (Wildman–Crippen MR) is 60.6 cm³/mol. The van der Waals surface area contributed by atoms with Gasteiger partial charge in [-0.15, -0.1) is 0 Å². The Labute approximate surface area is 107 Å². The number of hydrogen-bond acceptors (Lipinski definition) is 4. The van der Waals surface area contributed by atoms with Crippen molar-refractivity contribution >= 4 is 35.0 Å². The van der Waals surface area contributed by atoms with Crippen LogP contribution in [0.3, 0.4) is 0 Å². The summed E-state index contributed by atoms with van der Waals surface area (Å²) in [6.07, 6.45) is 0. The van der Waals surface area contributed by atoms with E-state index in [2.05, 4.69) is 4.98 Å². The quantitative estimate of drug-likeness (QED) is 0.602. The Morgan fingerprint density at radius 2 is 1.88 bits per heavy atom. The van der Waals surface area contributed by atoms with Crippen molar-refractivity contribution in [3.8, 4) is 0 Å². The van der Waals surface area contributed by atoms with Gasteiger partial charge in [-0.25, -0.2) is 4.98 Å². The molecule has 2 heterocycles. The van der Waals surface area contributed by atoms with Gasteiger partial charge in [-0.1, -0.05) is 29.3 Å². The zero-order valence-corrected chi connectivity index (χ0v) is 10.2. The number of ether oxygens (including phenoxy) is 1. The number of hydrogen-bond donors (Lipinski definition) is 0. The van der Waals surface area contributed by atoms with Gasteiger partial charge in [0.2, 0.25) is 0 Å². The van der Waals surface area contributed by atoms with E-state index in [-0.39, 0.29) is 41.9 Å². The Hall–Kier alpha value is -1.17. The molecule has 90 valence electrons. The van der Waals surface area contributed by atoms with Crippen LogP contribution in [-0.2, 0) is 20.9 Å². The Balaban J connectivity index is 2.19. The highest BCUT2D eigenvalue weighted by Crippen LogP contribution is 2.19. The number of morpholine rings is 1. The Bertz CT molecular complexity index is 463. The second kappa shape index (κ2) is 5.00. The molecule has 0 aliphatic carbocycles. The Morgan fingerprint density at radius 1 is 1.24 bits per heavy atom. The fourth-order valence-electron chi connectivity index (χ4n) is 1.43. The lowest BCUT2D eigenvalue weighted by atomic mass is 10.2. The third-order valence-corrected chi connectivity index (χ3v) is 2.81. The van der Waals surface area contributed by atoms with Crippen molar-refractivity contribution in [3.05, 3.63) is 28.0 Å². The molecule has 0 spiro atoms. The molecule has 1 aromatic heterocycles. The van der Waals surface area contributed by atoms with E-state index in [1.54, 1.807) is 12.1 Å². The van der Waals surface area contributed by atoms with E-state index >= 15 is 0 Å². The lowest BCUT2D eigenvalue weighted by molar-refractivity contribution is -0.159. The monoisotopic (exact) mass is 274 g/mol. The van der Waals surface area contributed by atoms with Crippen molar-refractivity contribution in [1.29, 1.82) is 0 Å². The van der Waals surface area contributed by atoms with Gasteiger partial charge in [0.1, 0.15) is 23.5 Å². The van der Waals surface area contributed by atoms with Crippen LogP contribution in [0.15, 0.2) is 12.1 Å². The summed E-state index contributed by atoms with van der Waals surface area (Å²) in [7, 11) is 0. The van der Waals surface area contributed by atoms with Gasteiger partial charge >= 0.3 is 0 Å². The third-order valence-electron chi connectivity index (χ3n) is 2.27. The highest BCUT2D eigenvalue weighted by molar-refractivity contribution is 6.32. The van der Waals surface area contributed by atoms with Gasteiger partial charge in [-0.05, 0) is 6.07 Å². The summed E-state index contributed by atoms with van der Waals surface area (Å²) in [6, 6.07) is 3.19.